The first-order valence-corrected chi connectivity index (χ1v) is 6.72. The zero-order valence-corrected chi connectivity index (χ0v) is 13.1. The lowest BCUT2D eigenvalue weighted by molar-refractivity contribution is 0.161. The number of halogens is 1. The van der Waals surface area contributed by atoms with Crippen molar-refractivity contribution in [3.63, 3.8) is 0 Å². The van der Waals surface area contributed by atoms with E-state index in [0.717, 1.165) is 5.56 Å². The van der Waals surface area contributed by atoms with Gasteiger partial charge in [-0.15, -0.1) is 0 Å². The molecule has 0 aromatic carbocycles. The van der Waals surface area contributed by atoms with Crippen LogP contribution in [0, 0.1) is 12.8 Å². The zero-order chi connectivity index (χ0) is 14.1. The van der Waals surface area contributed by atoms with Crippen LogP contribution in [0.3, 0.4) is 0 Å². The van der Waals surface area contributed by atoms with Crippen LogP contribution >= 0.6 is 11.6 Å². The Kier molecular flexibility index (Phi) is 4.60. The van der Waals surface area contributed by atoms with Gasteiger partial charge in [0.05, 0.1) is 6.10 Å². The second kappa shape index (κ2) is 5.43. The van der Waals surface area contributed by atoms with Crippen molar-refractivity contribution < 1.29 is 4.74 Å². The van der Waals surface area contributed by atoms with Crippen LogP contribution in [0.4, 0.5) is 0 Å². The quantitative estimate of drug-likeness (QED) is 0.774. The summed E-state index contributed by atoms with van der Waals surface area (Å²) in [5.74, 6) is 1.74. The third-order valence-corrected chi connectivity index (χ3v) is 3.32. The molecule has 1 aromatic rings. The molecule has 0 amide bonds. The molecule has 1 aromatic heterocycles. The van der Waals surface area contributed by atoms with Gasteiger partial charge in [-0.2, -0.15) is 4.98 Å². The van der Waals surface area contributed by atoms with Crippen molar-refractivity contribution in [1.29, 1.82) is 0 Å². The van der Waals surface area contributed by atoms with Gasteiger partial charge in [-0.3, -0.25) is 0 Å². The summed E-state index contributed by atoms with van der Waals surface area (Å²) in [5, 5.41) is 0.473. The van der Waals surface area contributed by atoms with Gasteiger partial charge in [0.2, 0.25) is 5.88 Å². The molecule has 4 heteroatoms. The van der Waals surface area contributed by atoms with Gasteiger partial charge in [-0.1, -0.05) is 46.2 Å². The molecule has 1 atom stereocenters. The molecule has 0 aliphatic carbocycles. The average molecular weight is 271 g/mol. The Balaban J connectivity index is 3.15. The molecule has 0 spiro atoms. The van der Waals surface area contributed by atoms with E-state index in [2.05, 4.69) is 44.6 Å². The van der Waals surface area contributed by atoms with Crippen molar-refractivity contribution in [1.82, 2.24) is 9.97 Å². The Morgan fingerprint density at radius 1 is 1.11 bits per heavy atom. The van der Waals surface area contributed by atoms with Crippen molar-refractivity contribution in [2.75, 3.05) is 0 Å². The maximum Gasteiger partial charge on any atom is 0.221 e. The van der Waals surface area contributed by atoms with E-state index in [0.29, 0.717) is 22.8 Å². The monoisotopic (exact) mass is 270 g/mol. The van der Waals surface area contributed by atoms with Gasteiger partial charge in [0, 0.05) is 11.0 Å². The number of hydrogen-bond acceptors (Lipinski definition) is 3. The molecule has 0 saturated heterocycles. The number of ether oxygens (including phenoxy) is 1. The molecule has 0 N–H and O–H groups in total. The van der Waals surface area contributed by atoms with Crippen LogP contribution in [0.1, 0.15) is 52.9 Å². The zero-order valence-electron chi connectivity index (χ0n) is 12.3. The van der Waals surface area contributed by atoms with Crippen molar-refractivity contribution in [3.05, 3.63) is 16.5 Å². The highest BCUT2D eigenvalue weighted by molar-refractivity contribution is 6.30. The van der Waals surface area contributed by atoms with Gasteiger partial charge in [-0.25, -0.2) is 4.98 Å². The molecule has 0 saturated carbocycles. The van der Waals surface area contributed by atoms with E-state index in [4.69, 9.17) is 16.3 Å². The molecule has 1 heterocycles. The van der Waals surface area contributed by atoms with Crippen LogP contribution in [0.5, 0.6) is 5.88 Å². The first-order valence-electron chi connectivity index (χ1n) is 6.34. The summed E-state index contributed by atoms with van der Waals surface area (Å²) < 4.78 is 5.89. The highest BCUT2D eigenvalue weighted by Crippen LogP contribution is 2.28. The molecule has 0 aliphatic rings. The summed E-state index contributed by atoms with van der Waals surface area (Å²) in [5.41, 5.74) is 0.661. The van der Waals surface area contributed by atoms with Crippen molar-refractivity contribution >= 4 is 11.6 Å². The maximum atomic E-state index is 6.16. The summed E-state index contributed by atoms with van der Waals surface area (Å²) in [6.45, 7) is 14.3. The molecule has 1 rings (SSSR count). The topological polar surface area (TPSA) is 35.0 Å². The van der Waals surface area contributed by atoms with Gasteiger partial charge in [0.25, 0.3) is 0 Å². The lowest BCUT2D eigenvalue weighted by Gasteiger charge is -2.22. The standard InChI is InChI=1S/C14H23ClN2O/c1-8(2)10(4)18-12-9(3)11(15)16-13(17-12)14(5,6)7/h8,10H,1-7H3. The molecule has 0 bridgehead atoms. The van der Waals surface area contributed by atoms with E-state index in [9.17, 15) is 0 Å². The Hall–Kier alpha value is -0.830. The Labute approximate surface area is 115 Å². The second-order valence-corrected chi connectivity index (χ2v) is 6.44. The second-order valence-electron chi connectivity index (χ2n) is 6.09. The third-order valence-electron chi connectivity index (χ3n) is 2.95. The fourth-order valence-electron chi connectivity index (χ4n) is 1.23. The van der Waals surface area contributed by atoms with Gasteiger partial charge >= 0.3 is 0 Å². The maximum absolute atomic E-state index is 6.16. The van der Waals surface area contributed by atoms with Crippen LogP contribution in [0.25, 0.3) is 0 Å². The fraction of sp³-hybridized carbons (Fsp3) is 0.714. The van der Waals surface area contributed by atoms with E-state index < -0.39 is 0 Å². The lowest BCUT2D eigenvalue weighted by Crippen LogP contribution is -2.22. The van der Waals surface area contributed by atoms with Gasteiger partial charge in [-0.05, 0) is 19.8 Å². The van der Waals surface area contributed by atoms with Crippen molar-refractivity contribution in [2.45, 2.75) is 60.0 Å². The van der Waals surface area contributed by atoms with Crippen LogP contribution < -0.4 is 4.74 Å². The number of nitrogens with zero attached hydrogens (tertiary/aromatic N) is 2. The van der Waals surface area contributed by atoms with Crippen LogP contribution in [-0.4, -0.2) is 16.1 Å². The summed E-state index contributed by atoms with van der Waals surface area (Å²) in [4.78, 5) is 8.84. The summed E-state index contributed by atoms with van der Waals surface area (Å²) in [7, 11) is 0. The predicted molar refractivity (Wildman–Crippen MR) is 75.4 cm³/mol. The molecule has 1 unspecified atom stereocenters. The Morgan fingerprint density at radius 2 is 1.67 bits per heavy atom. The fourth-order valence-corrected chi connectivity index (χ4v) is 1.39. The van der Waals surface area contributed by atoms with E-state index in [1.165, 1.54) is 0 Å². The minimum absolute atomic E-state index is 0.0995. The van der Waals surface area contributed by atoms with Gasteiger partial charge in [0.1, 0.15) is 11.0 Å². The third kappa shape index (κ3) is 3.58. The number of aromatic nitrogens is 2. The first-order chi connectivity index (χ1) is 8.12. The number of rotatable bonds is 3. The summed E-state index contributed by atoms with van der Waals surface area (Å²) in [6.07, 6.45) is 0.0995. The molecule has 3 nitrogen and oxygen atoms in total. The largest absolute Gasteiger partial charge is 0.474 e. The van der Waals surface area contributed by atoms with E-state index in [-0.39, 0.29) is 11.5 Å². The van der Waals surface area contributed by atoms with E-state index >= 15 is 0 Å². The first kappa shape index (κ1) is 15.2. The molecule has 18 heavy (non-hydrogen) atoms. The van der Waals surface area contributed by atoms with Gasteiger partial charge in [0.15, 0.2) is 0 Å². The molecule has 0 fully saturated rings. The predicted octanol–water partition coefficient (Wildman–Crippen LogP) is 4.16. The van der Waals surface area contributed by atoms with Gasteiger partial charge < -0.3 is 4.74 Å². The van der Waals surface area contributed by atoms with E-state index in [1.54, 1.807) is 0 Å². The SMILES string of the molecule is Cc1c(Cl)nc(C(C)(C)C)nc1OC(C)C(C)C. The highest BCUT2D eigenvalue weighted by Gasteiger charge is 2.22. The molecule has 0 radical (unpaired) electrons. The molecule has 102 valence electrons. The number of hydrogen-bond donors (Lipinski definition) is 0. The van der Waals surface area contributed by atoms with Crippen LogP contribution in [0.15, 0.2) is 0 Å². The van der Waals surface area contributed by atoms with E-state index in [1.807, 2.05) is 13.8 Å². The van der Waals surface area contributed by atoms with Crippen LogP contribution in [-0.2, 0) is 5.41 Å². The molecular weight excluding hydrogens is 248 g/mol. The van der Waals surface area contributed by atoms with Crippen LogP contribution in [0.2, 0.25) is 5.15 Å². The summed E-state index contributed by atoms with van der Waals surface area (Å²) >= 11 is 6.16. The lowest BCUT2D eigenvalue weighted by atomic mass is 9.96. The Morgan fingerprint density at radius 3 is 2.11 bits per heavy atom. The molecule has 0 aliphatic heterocycles. The van der Waals surface area contributed by atoms with Crippen molar-refractivity contribution in [2.24, 2.45) is 5.92 Å². The minimum Gasteiger partial charge on any atom is -0.474 e. The smallest absolute Gasteiger partial charge is 0.221 e. The normalized spacial score (nSPS) is 13.8. The Bertz CT molecular complexity index is 425. The van der Waals surface area contributed by atoms with Crippen molar-refractivity contribution in [3.8, 4) is 5.88 Å². The highest BCUT2D eigenvalue weighted by atomic mass is 35.5. The summed E-state index contributed by atoms with van der Waals surface area (Å²) in [6, 6.07) is 0. The molecular formula is C14H23ClN2O. The average Bonchev–Trinajstić information content (AvgIpc) is 2.22. The minimum atomic E-state index is -0.142.